The molecule has 1 aromatic carbocycles. The third-order valence-corrected chi connectivity index (χ3v) is 5.06. The first-order valence-electron chi connectivity index (χ1n) is 9.11. The van der Waals surface area contributed by atoms with Crippen molar-refractivity contribution in [2.24, 2.45) is 7.05 Å². The predicted octanol–water partition coefficient (Wildman–Crippen LogP) is 2.57. The highest BCUT2D eigenvalue weighted by atomic mass is 16.3. The molecule has 0 saturated carbocycles. The molecule has 4 rings (SSSR count). The largest absolute Gasteiger partial charge is 0.463 e. The topological polar surface area (TPSA) is 80.4 Å². The minimum absolute atomic E-state index is 0.117. The van der Waals surface area contributed by atoms with Crippen molar-refractivity contribution < 1.29 is 14.0 Å². The number of aromatic nitrogens is 2. The SMILES string of the molecule is CCc1ccc2occ(C(=O)NC3CCN(c4cc(C)nn4C)C3=O)c2c1. The summed E-state index contributed by atoms with van der Waals surface area (Å²) < 4.78 is 7.19. The molecule has 27 heavy (non-hydrogen) atoms. The molecule has 0 spiro atoms. The molecular weight excluding hydrogens is 344 g/mol. The number of furan rings is 1. The van der Waals surface area contributed by atoms with Crippen LogP contribution in [0.25, 0.3) is 11.0 Å². The number of rotatable bonds is 4. The molecule has 1 aliphatic heterocycles. The monoisotopic (exact) mass is 366 g/mol. The molecule has 140 valence electrons. The molecule has 0 bridgehead atoms. The molecule has 1 unspecified atom stereocenters. The van der Waals surface area contributed by atoms with Gasteiger partial charge in [-0.25, -0.2) is 0 Å². The number of hydrogen-bond acceptors (Lipinski definition) is 4. The van der Waals surface area contributed by atoms with Gasteiger partial charge in [-0.1, -0.05) is 13.0 Å². The smallest absolute Gasteiger partial charge is 0.255 e. The van der Waals surface area contributed by atoms with Crippen LogP contribution in [-0.4, -0.2) is 34.2 Å². The van der Waals surface area contributed by atoms with Crippen molar-refractivity contribution in [3.05, 3.63) is 47.3 Å². The second-order valence-electron chi connectivity index (χ2n) is 6.91. The van der Waals surface area contributed by atoms with E-state index in [0.717, 1.165) is 28.9 Å². The average molecular weight is 366 g/mol. The van der Waals surface area contributed by atoms with E-state index in [1.807, 2.05) is 38.2 Å². The van der Waals surface area contributed by atoms with Crippen LogP contribution >= 0.6 is 0 Å². The van der Waals surface area contributed by atoms with Crippen molar-refractivity contribution in [3.8, 4) is 0 Å². The lowest BCUT2D eigenvalue weighted by Crippen LogP contribution is -2.41. The van der Waals surface area contributed by atoms with Gasteiger partial charge in [0.05, 0.1) is 11.3 Å². The Morgan fingerprint density at radius 2 is 2.19 bits per heavy atom. The van der Waals surface area contributed by atoms with E-state index < -0.39 is 6.04 Å². The zero-order valence-electron chi connectivity index (χ0n) is 15.7. The van der Waals surface area contributed by atoms with E-state index in [0.29, 0.717) is 24.1 Å². The number of benzene rings is 1. The minimum Gasteiger partial charge on any atom is -0.463 e. The summed E-state index contributed by atoms with van der Waals surface area (Å²) in [7, 11) is 1.81. The number of anilines is 1. The number of amides is 2. The van der Waals surface area contributed by atoms with E-state index in [1.165, 1.54) is 6.26 Å². The fourth-order valence-electron chi connectivity index (χ4n) is 3.60. The second kappa shape index (κ2) is 6.57. The first-order valence-corrected chi connectivity index (χ1v) is 9.11. The zero-order chi connectivity index (χ0) is 19.1. The van der Waals surface area contributed by atoms with E-state index in [1.54, 1.807) is 9.58 Å². The fourth-order valence-corrected chi connectivity index (χ4v) is 3.60. The molecule has 2 amide bonds. The van der Waals surface area contributed by atoms with Gasteiger partial charge in [0.1, 0.15) is 23.7 Å². The molecule has 2 aromatic heterocycles. The molecule has 0 radical (unpaired) electrons. The van der Waals surface area contributed by atoms with Crippen molar-refractivity contribution in [2.75, 3.05) is 11.4 Å². The van der Waals surface area contributed by atoms with Gasteiger partial charge < -0.3 is 9.73 Å². The molecule has 7 heteroatoms. The van der Waals surface area contributed by atoms with Gasteiger partial charge in [-0.3, -0.25) is 19.2 Å². The van der Waals surface area contributed by atoms with Gasteiger partial charge in [0.15, 0.2) is 0 Å². The quantitative estimate of drug-likeness (QED) is 0.770. The van der Waals surface area contributed by atoms with Crippen molar-refractivity contribution in [1.29, 1.82) is 0 Å². The molecule has 3 aromatic rings. The normalized spacial score (nSPS) is 17.1. The summed E-state index contributed by atoms with van der Waals surface area (Å²) in [6.45, 7) is 4.50. The highest BCUT2D eigenvalue weighted by Crippen LogP contribution is 2.25. The summed E-state index contributed by atoms with van der Waals surface area (Å²) in [4.78, 5) is 27.2. The highest BCUT2D eigenvalue weighted by Gasteiger charge is 2.35. The predicted molar refractivity (Wildman–Crippen MR) is 102 cm³/mol. The third-order valence-electron chi connectivity index (χ3n) is 5.06. The van der Waals surface area contributed by atoms with Crippen LogP contribution in [0.2, 0.25) is 0 Å². The van der Waals surface area contributed by atoms with Gasteiger partial charge in [-0.15, -0.1) is 0 Å². The second-order valence-corrected chi connectivity index (χ2v) is 6.91. The number of aryl methyl sites for hydroxylation is 3. The Morgan fingerprint density at radius 1 is 1.37 bits per heavy atom. The molecule has 1 fully saturated rings. The standard InChI is InChI=1S/C20H22N4O3/c1-4-13-5-6-17-14(10-13)15(11-27-17)19(25)21-16-7-8-24(20(16)26)18-9-12(2)22-23(18)3/h5-6,9-11,16H,4,7-8H2,1-3H3,(H,21,25). The fraction of sp³-hybridized carbons (Fsp3) is 0.350. The molecule has 3 heterocycles. The summed E-state index contributed by atoms with van der Waals surface area (Å²) in [5.41, 5.74) is 3.11. The first kappa shape index (κ1) is 17.3. The van der Waals surface area contributed by atoms with Gasteiger partial charge >= 0.3 is 0 Å². The summed E-state index contributed by atoms with van der Waals surface area (Å²) in [6, 6.07) is 7.15. The molecule has 7 nitrogen and oxygen atoms in total. The lowest BCUT2D eigenvalue weighted by molar-refractivity contribution is -0.118. The van der Waals surface area contributed by atoms with Crippen LogP contribution < -0.4 is 10.2 Å². The van der Waals surface area contributed by atoms with E-state index in [2.05, 4.69) is 17.3 Å². The van der Waals surface area contributed by atoms with Crippen molar-refractivity contribution >= 4 is 28.6 Å². The van der Waals surface area contributed by atoms with Gasteiger partial charge in [-0.05, 0) is 37.5 Å². The summed E-state index contributed by atoms with van der Waals surface area (Å²) in [5.74, 6) is 0.340. The Hall–Kier alpha value is -3.09. The molecule has 0 aliphatic carbocycles. The van der Waals surface area contributed by atoms with Crippen LogP contribution in [-0.2, 0) is 18.3 Å². The van der Waals surface area contributed by atoms with Crippen LogP contribution in [0.3, 0.4) is 0 Å². The number of nitrogens with zero attached hydrogens (tertiary/aromatic N) is 3. The van der Waals surface area contributed by atoms with Gasteiger partial charge in [0, 0.05) is 25.0 Å². The van der Waals surface area contributed by atoms with Crippen LogP contribution in [0.5, 0.6) is 0 Å². The Labute approximate surface area is 156 Å². The Bertz CT molecular complexity index is 1030. The Kier molecular flexibility index (Phi) is 4.22. The molecule has 1 saturated heterocycles. The molecular formula is C20H22N4O3. The maximum Gasteiger partial charge on any atom is 0.255 e. The Balaban J connectivity index is 1.54. The van der Waals surface area contributed by atoms with Gasteiger partial charge in [0.25, 0.3) is 11.8 Å². The van der Waals surface area contributed by atoms with E-state index in [9.17, 15) is 9.59 Å². The maximum absolute atomic E-state index is 12.8. The van der Waals surface area contributed by atoms with Crippen LogP contribution in [0.1, 0.15) is 35.0 Å². The van der Waals surface area contributed by atoms with Crippen molar-refractivity contribution in [3.63, 3.8) is 0 Å². The number of nitrogens with one attached hydrogen (secondary N) is 1. The van der Waals surface area contributed by atoms with Crippen LogP contribution in [0.15, 0.2) is 34.9 Å². The average Bonchev–Trinajstić information content (AvgIpc) is 3.32. The van der Waals surface area contributed by atoms with Gasteiger partial charge in [0.2, 0.25) is 0 Å². The zero-order valence-corrected chi connectivity index (χ0v) is 15.7. The van der Waals surface area contributed by atoms with E-state index in [4.69, 9.17) is 4.42 Å². The molecule has 1 N–H and O–H groups in total. The highest BCUT2D eigenvalue weighted by molar-refractivity contribution is 6.09. The van der Waals surface area contributed by atoms with E-state index >= 15 is 0 Å². The number of carbonyl (C=O) groups is 2. The summed E-state index contributed by atoms with van der Waals surface area (Å²) >= 11 is 0. The lowest BCUT2D eigenvalue weighted by atomic mass is 10.1. The number of fused-ring (bicyclic) bond motifs is 1. The summed E-state index contributed by atoms with van der Waals surface area (Å²) in [6.07, 6.45) is 2.90. The van der Waals surface area contributed by atoms with Crippen molar-refractivity contribution in [1.82, 2.24) is 15.1 Å². The first-order chi connectivity index (χ1) is 13.0. The minimum atomic E-state index is -0.549. The van der Waals surface area contributed by atoms with Crippen LogP contribution in [0.4, 0.5) is 5.82 Å². The van der Waals surface area contributed by atoms with Crippen LogP contribution in [0, 0.1) is 6.92 Å². The summed E-state index contributed by atoms with van der Waals surface area (Å²) in [5, 5.41) is 7.93. The van der Waals surface area contributed by atoms with E-state index in [-0.39, 0.29) is 11.8 Å². The number of hydrogen-bond donors (Lipinski definition) is 1. The third kappa shape index (κ3) is 2.99. The Morgan fingerprint density at radius 3 is 2.89 bits per heavy atom. The van der Waals surface area contributed by atoms with Gasteiger partial charge in [-0.2, -0.15) is 5.10 Å². The maximum atomic E-state index is 12.8. The number of carbonyl (C=O) groups excluding carboxylic acids is 2. The molecule has 1 aliphatic rings. The van der Waals surface area contributed by atoms with Crippen molar-refractivity contribution in [2.45, 2.75) is 32.7 Å². The molecule has 1 atom stereocenters. The lowest BCUT2D eigenvalue weighted by Gasteiger charge is -2.16.